The Balaban J connectivity index is 1.69. The van der Waals surface area contributed by atoms with E-state index in [2.05, 4.69) is 20.2 Å². The number of aromatic nitrogens is 5. The van der Waals surface area contributed by atoms with Crippen molar-refractivity contribution in [1.29, 1.82) is 0 Å². The fraction of sp³-hybridized carbons (Fsp3) is 0.227. The van der Waals surface area contributed by atoms with E-state index < -0.39 is 6.09 Å². The van der Waals surface area contributed by atoms with Gasteiger partial charge in [0.1, 0.15) is 29.2 Å². The quantitative estimate of drug-likeness (QED) is 0.470. The molecule has 0 aliphatic carbocycles. The maximum Gasteiger partial charge on any atom is 0.414 e. The molecule has 0 bridgehead atoms. The zero-order valence-electron chi connectivity index (χ0n) is 18.3. The number of halogens is 1. The molecule has 1 aromatic carbocycles. The molecule has 1 amide bonds. The average Bonchev–Trinajstić information content (AvgIpc) is 3.44. The monoisotopic (exact) mass is 451 g/mol. The molecule has 0 aliphatic heterocycles. The minimum atomic E-state index is -0.574. The van der Waals surface area contributed by atoms with Crippen LogP contribution in [0.3, 0.4) is 0 Å². The van der Waals surface area contributed by atoms with Gasteiger partial charge in [0.05, 0.1) is 24.5 Å². The lowest BCUT2D eigenvalue weighted by atomic mass is 10.2. The van der Waals surface area contributed by atoms with Crippen molar-refractivity contribution in [3.05, 3.63) is 60.2 Å². The molecule has 0 unspecified atom stereocenters. The fourth-order valence-corrected chi connectivity index (χ4v) is 3.13. The number of nitrogens with two attached hydrogens (primary N) is 1. The third kappa shape index (κ3) is 4.66. The Morgan fingerprint density at radius 1 is 1.27 bits per heavy atom. The average molecular weight is 451 g/mol. The van der Waals surface area contributed by atoms with Crippen LogP contribution in [-0.4, -0.2) is 44.1 Å². The molecule has 33 heavy (non-hydrogen) atoms. The standard InChI is InChI=1S/C22H22FN7O3/c1-13(2)33-22(31)29(3)19-11-25-21(26-20(19)24)17-10-18(16-8-9-32-28-16)30(27-17)12-14-6-4-5-7-15(14)23/h4-11,13H,12H2,1-3H3,(H2,24,25,26). The zero-order chi connectivity index (χ0) is 23.5. The molecule has 10 nitrogen and oxygen atoms in total. The maximum atomic E-state index is 14.2. The molecule has 0 atom stereocenters. The van der Waals surface area contributed by atoms with Gasteiger partial charge in [-0.2, -0.15) is 5.10 Å². The van der Waals surface area contributed by atoms with Gasteiger partial charge in [-0.25, -0.2) is 19.2 Å². The summed E-state index contributed by atoms with van der Waals surface area (Å²) in [5.41, 5.74) is 8.36. The second-order valence-corrected chi connectivity index (χ2v) is 7.50. The molecule has 0 aliphatic rings. The lowest BCUT2D eigenvalue weighted by Gasteiger charge is -2.19. The van der Waals surface area contributed by atoms with Crippen molar-refractivity contribution in [1.82, 2.24) is 24.9 Å². The first kappa shape index (κ1) is 21.9. The van der Waals surface area contributed by atoms with Gasteiger partial charge in [-0.05, 0) is 26.0 Å². The van der Waals surface area contributed by atoms with E-state index in [0.717, 1.165) is 0 Å². The largest absolute Gasteiger partial charge is 0.446 e. The van der Waals surface area contributed by atoms with Crippen molar-refractivity contribution >= 4 is 17.6 Å². The van der Waals surface area contributed by atoms with Crippen LogP contribution in [0.4, 0.5) is 20.7 Å². The van der Waals surface area contributed by atoms with E-state index >= 15 is 0 Å². The van der Waals surface area contributed by atoms with E-state index in [-0.39, 0.29) is 30.1 Å². The molecule has 0 radical (unpaired) electrons. The first-order valence-electron chi connectivity index (χ1n) is 10.1. The number of ether oxygens (including phenoxy) is 1. The molecule has 4 rings (SSSR count). The van der Waals surface area contributed by atoms with Crippen LogP contribution in [0.25, 0.3) is 22.9 Å². The third-order valence-corrected chi connectivity index (χ3v) is 4.76. The summed E-state index contributed by atoms with van der Waals surface area (Å²) in [5, 5.41) is 8.51. The van der Waals surface area contributed by atoms with Crippen LogP contribution in [0.1, 0.15) is 19.4 Å². The fourth-order valence-electron chi connectivity index (χ4n) is 3.13. The van der Waals surface area contributed by atoms with E-state index in [1.807, 2.05) is 0 Å². The molecule has 3 heterocycles. The number of anilines is 2. The van der Waals surface area contributed by atoms with Gasteiger partial charge in [0.15, 0.2) is 11.6 Å². The lowest BCUT2D eigenvalue weighted by Crippen LogP contribution is -2.30. The number of carbonyl (C=O) groups is 1. The van der Waals surface area contributed by atoms with Crippen LogP contribution >= 0.6 is 0 Å². The predicted molar refractivity (Wildman–Crippen MR) is 119 cm³/mol. The SMILES string of the molecule is CC(C)OC(=O)N(C)c1cnc(-c2cc(-c3ccon3)n(Cc3ccccc3F)n2)nc1N. The highest BCUT2D eigenvalue weighted by Gasteiger charge is 2.21. The van der Waals surface area contributed by atoms with Gasteiger partial charge in [0.2, 0.25) is 0 Å². The Kier molecular flexibility index (Phi) is 6.03. The summed E-state index contributed by atoms with van der Waals surface area (Å²) in [6, 6.07) is 9.83. The number of nitrogen functional groups attached to an aromatic ring is 1. The maximum absolute atomic E-state index is 14.2. The van der Waals surface area contributed by atoms with Crippen LogP contribution in [0.2, 0.25) is 0 Å². The molecular weight excluding hydrogens is 429 g/mol. The minimum absolute atomic E-state index is 0.0786. The number of hydrogen-bond donors (Lipinski definition) is 1. The molecule has 0 fully saturated rings. The Bertz CT molecular complexity index is 1270. The number of benzene rings is 1. The minimum Gasteiger partial charge on any atom is -0.446 e. The number of amides is 1. The highest BCUT2D eigenvalue weighted by atomic mass is 19.1. The van der Waals surface area contributed by atoms with Gasteiger partial charge >= 0.3 is 6.09 Å². The first-order chi connectivity index (χ1) is 15.8. The van der Waals surface area contributed by atoms with Crippen LogP contribution in [0.5, 0.6) is 0 Å². The van der Waals surface area contributed by atoms with Crippen LogP contribution < -0.4 is 10.6 Å². The number of hydrogen-bond acceptors (Lipinski definition) is 8. The highest BCUT2D eigenvalue weighted by Crippen LogP contribution is 2.27. The Labute approximate surface area is 188 Å². The molecule has 2 N–H and O–H groups in total. The smallest absolute Gasteiger partial charge is 0.414 e. The Hall–Kier alpha value is -4.28. The van der Waals surface area contributed by atoms with Crippen molar-refractivity contribution < 1.29 is 18.4 Å². The normalized spacial score (nSPS) is 11.1. The number of nitrogens with zero attached hydrogens (tertiary/aromatic N) is 6. The molecule has 3 aromatic heterocycles. The van der Waals surface area contributed by atoms with Gasteiger partial charge in [-0.1, -0.05) is 23.4 Å². The van der Waals surface area contributed by atoms with E-state index in [1.54, 1.807) is 48.9 Å². The number of carbonyl (C=O) groups excluding carboxylic acids is 1. The zero-order valence-corrected chi connectivity index (χ0v) is 18.3. The topological polar surface area (TPSA) is 125 Å². The predicted octanol–water partition coefficient (Wildman–Crippen LogP) is 3.75. The molecule has 0 saturated carbocycles. The molecule has 4 aromatic rings. The highest BCUT2D eigenvalue weighted by molar-refractivity contribution is 5.90. The molecule has 0 saturated heterocycles. The van der Waals surface area contributed by atoms with Crippen LogP contribution in [-0.2, 0) is 11.3 Å². The third-order valence-electron chi connectivity index (χ3n) is 4.76. The van der Waals surface area contributed by atoms with E-state index in [9.17, 15) is 9.18 Å². The van der Waals surface area contributed by atoms with E-state index in [0.29, 0.717) is 28.3 Å². The summed E-state index contributed by atoms with van der Waals surface area (Å²) in [5.74, 6) is -0.0319. The van der Waals surface area contributed by atoms with Crippen molar-refractivity contribution in [2.45, 2.75) is 26.5 Å². The van der Waals surface area contributed by atoms with Gasteiger partial charge in [-0.3, -0.25) is 9.58 Å². The van der Waals surface area contributed by atoms with E-state index in [1.165, 1.54) is 30.5 Å². The van der Waals surface area contributed by atoms with Crippen molar-refractivity contribution in [2.75, 3.05) is 17.7 Å². The van der Waals surface area contributed by atoms with Gasteiger partial charge < -0.3 is 15.0 Å². The van der Waals surface area contributed by atoms with Gasteiger partial charge in [0, 0.05) is 18.7 Å². The second-order valence-electron chi connectivity index (χ2n) is 7.50. The molecule has 170 valence electrons. The summed E-state index contributed by atoms with van der Waals surface area (Å²) in [7, 11) is 1.52. The van der Waals surface area contributed by atoms with Gasteiger partial charge in [0.25, 0.3) is 0 Å². The van der Waals surface area contributed by atoms with Crippen LogP contribution in [0, 0.1) is 5.82 Å². The number of rotatable bonds is 6. The summed E-state index contributed by atoms with van der Waals surface area (Å²) in [6.07, 6.45) is 2.00. The van der Waals surface area contributed by atoms with Crippen molar-refractivity contribution in [3.8, 4) is 22.9 Å². The van der Waals surface area contributed by atoms with Crippen molar-refractivity contribution in [2.24, 2.45) is 0 Å². The summed E-state index contributed by atoms with van der Waals surface area (Å²) < 4.78 is 26.0. The van der Waals surface area contributed by atoms with E-state index in [4.69, 9.17) is 15.0 Å². The molecule has 11 heteroatoms. The summed E-state index contributed by atoms with van der Waals surface area (Å²) in [4.78, 5) is 22.0. The molecule has 0 spiro atoms. The second kappa shape index (κ2) is 9.07. The lowest BCUT2D eigenvalue weighted by molar-refractivity contribution is 0.124. The van der Waals surface area contributed by atoms with Gasteiger partial charge in [-0.15, -0.1) is 0 Å². The Morgan fingerprint density at radius 3 is 2.73 bits per heavy atom. The van der Waals surface area contributed by atoms with Crippen molar-refractivity contribution in [3.63, 3.8) is 0 Å². The van der Waals surface area contributed by atoms with Crippen LogP contribution in [0.15, 0.2) is 53.4 Å². The molecular formula is C22H22FN7O3. The summed E-state index contributed by atoms with van der Waals surface area (Å²) in [6.45, 7) is 3.66. The first-order valence-corrected chi connectivity index (χ1v) is 10.1. The Morgan fingerprint density at radius 2 is 2.06 bits per heavy atom. The summed E-state index contributed by atoms with van der Waals surface area (Å²) >= 11 is 0.